The Kier molecular flexibility index (Phi) is 2.52. The summed E-state index contributed by atoms with van der Waals surface area (Å²) in [6.45, 7) is 0.357. The molecule has 0 fully saturated rings. The standard InChI is InChI=1S/C6H8N4O2/c7-6(12)1-2-10-3-5(4-11)8-9-10/h3-4H,1-2H2,(H2,7,12). The second-order valence-electron chi connectivity index (χ2n) is 2.24. The number of hydrogen-bond donors (Lipinski definition) is 1. The summed E-state index contributed by atoms with van der Waals surface area (Å²) < 4.78 is 1.40. The number of carbonyl (C=O) groups is 2. The fourth-order valence-electron chi connectivity index (χ4n) is 0.701. The lowest BCUT2D eigenvalue weighted by Crippen LogP contribution is -2.14. The Morgan fingerprint density at radius 1 is 1.75 bits per heavy atom. The molecule has 0 spiro atoms. The van der Waals surface area contributed by atoms with E-state index in [0.717, 1.165) is 0 Å². The van der Waals surface area contributed by atoms with Gasteiger partial charge in [-0.25, -0.2) is 0 Å². The zero-order chi connectivity index (χ0) is 8.97. The quantitative estimate of drug-likeness (QED) is 0.581. The first-order valence-corrected chi connectivity index (χ1v) is 3.36. The average Bonchev–Trinajstić information content (AvgIpc) is 2.48. The molecule has 1 rings (SSSR count). The van der Waals surface area contributed by atoms with Crippen LogP contribution < -0.4 is 5.73 Å². The van der Waals surface area contributed by atoms with Crippen molar-refractivity contribution in [2.45, 2.75) is 13.0 Å². The average molecular weight is 168 g/mol. The van der Waals surface area contributed by atoms with E-state index in [1.54, 1.807) is 0 Å². The molecule has 0 aromatic carbocycles. The van der Waals surface area contributed by atoms with Gasteiger partial charge < -0.3 is 5.73 Å². The summed E-state index contributed by atoms with van der Waals surface area (Å²) in [5.41, 5.74) is 5.16. The van der Waals surface area contributed by atoms with E-state index >= 15 is 0 Å². The van der Waals surface area contributed by atoms with Crippen LogP contribution in [0.5, 0.6) is 0 Å². The van der Waals surface area contributed by atoms with Crippen LogP contribution in [0.15, 0.2) is 6.20 Å². The van der Waals surface area contributed by atoms with E-state index in [1.807, 2.05) is 0 Å². The molecule has 0 radical (unpaired) electrons. The number of rotatable bonds is 4. The molecule has 2 N–H and O–H groups in total. The van der Waals surface area contributed by atoms with E-state index in [1.165, 1.54) is 10.9 Å². The first-order valence-electron chi connectivity index (χ1n) is 3.36. The Hall–Kier alpha value is -1.72. The lowest BCUT2D eigenvalue weighted by Gasteiger charge is -1.94. The third-order valence-electron chi connectivity index (χ3n) is 1.26. The summed E-state index contributed by atoms with van der Waals surface area (Å²) in [7, 11) is 0. The summed E-state index contributed by atoms with van der Waals surface area (Å²) in [4.78, 5) is 20.5. The molecular weight excluding hydrogens is 160 g/mol. The van der Waals surface area contributed by atoms with Crippen LogP contribution in [0.25, 0.3) is 0 Å². The van der Waals surface area contributed by atoms with Crippen molar-refractivity contribution >= 4 is 12.2 Å². The molecule has 1 amide bonds. The van der Waals surface area contributed by atoms with Gasteiger partial charge in [-0.15, -0.1) is 5.10 Å². The van der Waals surface area contributed by atoms with E-state index in [0.29, 0.717) is 12.8 Å². The molecule has 6 heteroatoms. The normalized spacial score (nSPS) is 9.67. The molecular formula is C6H8N4O2. The highest BCUT2D eigenvalue weighted by Gasteiger charge is 1.99. The largest absolute Gasteiger partial charge is 0.370 e. The Labute approximate surface area is 68.3 Å². The van der Waals surface area contributed by atoms with Crippen LogP contribution in [0.2, 0.25) is 0 Å². The molecule has 1 aromatic rings. The van der Waals surface area contributed by atoms with E-state index in [4.69, 9.17) is 5.73 Å². The second-order valence-corrected chi connectivity index (χ2v) is 2.24. The van der Waals surface area contributed by atoms with E-state index in [-0.39, 0.29) is 12.1 Å². The predicted molar refractivity (Wildman–Crippen MR) is 39.2 cm³/mol. The van der Waals surface area contributed by atoms with Crippen molar-refractivity contribution < 1.29 is 9.59 Å². The van der Waals surface area contributed by atoms with Crippen molar-refractivity contribution in [3.8, 4) is 0 Å². The fourth-order valence-corrected chi connectivity index (χ4v) is 0.701. The Morgan fingerprint density at radius 2 is 2.50 bits per heavy atom. The molecule has 12 heavy (non-hydrogen) atoms. The summed E-state index contributed by atoms with van der Waals surface area (Å²) in [6.07, 6.45) is 2.24. The van der Waals surface area contributed by atoms with Gasteiger partial charge in [-0.05, 0) is 0 Å². The minimum Gasteiger partial charge on any atom is -0.370 e. The Balaban J connectivity index is 2.52. The monoisotopic (exact) mass is 168 g/mol. The highest BCUT2D eigenvalue weighted by Crippen LogP contribution is 1.90. The molecule has 1 aromatic heterocycles. The van der Waals surface area contributed by atoms with E-state index in [9.17, 15) is 9.59 Å². The number of hydrogen-bond acceptors (Lipinski definition) is 4. The minimum absolute atomic E-state index is 0.196. The third kappa shape index (κ3) is 2.15. The van der Waals surface area contributed by atoms with Gasteiger partial charge in [0.05, 0.1) is 12.7 Å². The van der Waals surface area contributed by atoms with Gasteiger partial charge in [-0.1, -0.05) is 5.21 Å². The summed E-state index contributed by atoms with van der Waals surface area (Å²) in [5, 5.41) is 7.09. The van der Waals surface area contributed by atoms with Crippen LogP contribution in [0.4, 0.5) is 0 Å². The molecule has 0 aliphatic carbocycles. The van der Waals surface area contributed by atoms with E-state index in [2.05, 4.69) is 10.3 Å². The smallest absolute Gasteiger partial charge is 0.219 e. The molecule has 64 valence electrons. The second kappa shape index (κ2) is 3.61. The van der Waals surface area contributed by atoms with Gasteiger partial charge >= 0.3 is 0 Å². The molecule has 1 heterocycles. The van der Waals surface area contributed by atoms with Crippen molar-refractivity contribution in [1.29, 1.82) is 0 Å². The molecule has 0 unspecified atom stereocenters. The SMILES string of the molecule is NC(=O)CCn1cc(C=O)nn1. The highest BCUT2D eigenvalue weighted by molar-refractivity contribution is 5.73. The van der Waals surface area contributed by atoms with Crippen LogP contribution in [0, 0.1) is 0 Å². The van der Waals surface area contributed by atoms with Crippen LogP contribution >= 0.6 is 0 Å². The Morgan fingerprint density at radius 3 is 3.00 bits per heavy atom. The maximum absolute atomic E-state index is 10.3. The molecule has 0 atom stereocenters. The van der Waals surface area contributed by atoms with Gasteiger partial charge in [-0.2, -0.15) is 0 Å². The van der Waals surface area contributed by atoms with E-state index < -0.39 is 5.91 Å². The van der Waals surface area contributed by atoms with Gasteiger partial charge in [0.2, 0.25) is 5.91 Å². The van der Waals surface area contributed by atoms with Crippen molar-refractivity contribution in [2.75, 3.05) is 0 Å². The van der Waals surface area contributed by atoms with Crippen molar-refractivity contribution in [2.24, 2.45) is 5.73 Å². The maximum Gasteiger partial charge on any atom is 0.219 e. The van der Waals surface area contributed by atoms with Gasteiger partial charge in [-0.3, -0.25) is 14.3 Å². The first-order chi connectivity index (χ1) is 5.72. The number of aromatic nitrogens is 3. The lowest BCUT2D eigenvalue weighted by atomic mass is 10.4. The van der Waals surface area contributed by atoms with Gasteiger partial charge in [0.1, 0.15) is 5.69 Å². The van der Waals surface area contributed by atoms with Crippen LogP contribution in [-0.4, -0.2) is 27.2 Å². The van der Waals surface area contributed by atoms with Gasteiger partial charge in [0, 0.05) is 6.42 Å². The number of amides is 1. The number of nitrogens with two attached hydrogens (primary N) is 1. The lowest BCUT2D eigenvalue weighted by molar-refractivity contribution is -0.118. The molecule has 0 saturated heterocycles. The minimum atomic E-state index is -0.404. The van der Waals surface area contributed by atoms with Crippen LogP contribution in [0.1, 0.15) is 16.9 Å². The number of carbonyl (C=O) groups excluding carboxylic acids is 2. The van der Waals surface area contributed by atoms with Crippen molar-refractivity contribution in [3.05, 3.63) is 11.9 Å². The molecule has 6 nitrogen and oxygen atoms in total. The maximum atomic E-state index is 10.3. The first kappa shape index (κ1) is 8.38. The number of aldehydes is 1. The van der Waals surface area contributed by atoms with Gasteiger partial charge in [0.15, 0.2) is 6.29 Å². The third-order valence-corrected chi connectivity index (χ3v) is 1.26. The summed E-state index contributed by atoms with van der Waals surface area (Å²) in [6, 6.07) is 0. The van der Waals surface area contributed by atoms with Crippen LogP contribution in [0.3, 0.4) is 0 Å². The van der Waals surface area contributed by atoms with Crippen molar-refractivity contribution in [3.63, 3.8) is 0 Å². The fraction of sp³-hybridized carbons (Fsp3) is 0.333. The van der Waals surface area contributed by atoms with Crippen LogP contribution in [-0.2, 0) is 11.3 Å². The predicted octanol–water partition coefficient (Wildman–Crippen LogP) is -1.03. The number of aryl methyl sites for hydroxylation is 1. The number of primary amides is 1. The zero-order valence-electron chi connectivity index (χ0n) is 6.30. The molecule has 0 saturated carbocycles. The van der Waals surface area contributed by atoms with Crippen molar-refractivity contribution in [1.82, 2.24) is 15.0 Å². The topological polar surface area (TPSA) is 90.9 Å². The highest BCUT2D eigenvalue weighted by atomic mass is 16.1. The summed E-state index contributed by atoms with van der Waals surface area (Å²) in [5.74, 6) is -0.404. The van der Waals surface area contributed by atoms with Gasteiger partial charge in [0.25, 0.3) is 0 Å². The molecule has 0 aliphatic rings. The molecule has 0 bridgehead atoms. The zero-order valence-corrected chi connectivity index (χ0v) is 6.30. The number of nitrogens with zero attached hydrogens (tertiary/aromatic N) is 3. The summed E-state index contributed by atoms with van der Waals surface area (Å²) >= 11 is 0. The Bertz CT molecular complexity index is 293. The molecule has 0 aliphatic heterocycles.